The van der Waals surface area contributed by atoms with Gasteiger partial charge in [-0.2, -0.15) is 5.10 Å². The van der Waals surface area contributed by atoms with Crippen molar-refractivity contribution in [3.63, 3.8) is 0 Å². The second-order valence-corrected chi connectivity index (χ2v) is 5.54. The highest BCUT2D eigenvalue weighted by Crippen LogP contribution is 2.25. The summed E-state index contributed by atoms with van der Waals surface area (Å²) in [5, 5.41) is 8.01. The van der Waals surface area contributed by atoms with E-state index in [9.17, 15) is 4.79 Å². The summed E-state index contributed by atoms with van der Waals surface area (Å²) in [6.45, 7) is 3.45. The van der Waals surface area contributed by atoms with E-state index >= 15 is 0 Å². The summed E-state index contributed by atoms with van der Waals surface area (Å²) in [5.74, 6) is 0.437. The van der Waals surface area contributed by atoms with E-state index in [2.05, 4.69) is 17.1 Å². The first-order valence-electron chi connectivity index (χ1n) is 7.16. The highest BCUT2D eigenvalue weighted by molar-refractivity contribution is 6.04. The van der Waals surface area contributed by atoms with Crippen LogP contribution in [0.3, 0.4) is 0 Å². The zero-order valence-corrected chi connectivity index (χ0v) is 11.7. The highest BCUT2D eigenvalue weighted by atomic mass is 16.2. The predicted molar refractivity (Wildman–Crippen MR) is 78.4 cm³/mol. The number of nitrogens with zero attached hydrogens (tertiary/aromatic N) is 2. The summed E-state index contributed by atoms with van der Waals surface area (Å²) in [5.41, 5.74) is 7.27. The zero-order chi connectivity index (χ0) is 14.1. The van der Waals surface area contributed by atoms with Crippen molar-refractivity contribution in [1.29, 1.82) is 0 Å². The lowest BCUT2D eigenvalue weighted by Crippen LogP contribution is -2.51. The van der Waals surface area contributed by atoms with Crippen molar-refractivity contribution < 1.29 is 4.79 Å². The van der Waals surface area contributed by atoms with E-state index < -0.39 is 0 Å². The van der Waals surface area contributed by atoms with Gasteiger partial charge in [0.2, 0.25) is 0 Å². The average Bonchev–Trinajstić information content (AvgIpc) is 2.90. The van der Waals surface area contributed by atoms with E-state index in [1.807, 2.05) is 29.2 Å². The van der Waals surface area contributed by atoms with Crippen LogP contribution < -0.4 is 5.73 Å². The SMILES string of the molecule is C[C@H]1CCCN(C(=O)c2n[nH]c3ccccc23)[C@@H]1CN. The second kappa shape index (κ2) is 5.25. The number of likely N-dealkylation sites (tertiary alicyclic amines) is 1. The molecular formula is C15H20N4O. The molecule has 1 saturated heterocycles. The van der Waals surface area contributed by atoms with Gasteiger partial charge in [-0.15, -0.1) is 0 Å². The van der Waals surface area contributed by atoms with Crippen LogP contribution in [0.1, 0.15) is 30.3 Å². The minimum absolute atomic E-state index is 0.00977. The summed E-state index contributed by atoms with van der Waals surface area (Å²) in [6, 6.07) is 7.83. The average molecular weight is 272 g/mol. The molecule has 3 N–H and O–H groups in total. The molecule has 0 spiro atoms. The molecule has 5 nitrogen and oxygen atoms in total. The van der Waals surface area contributed by atoms with E-state index in [0.29, 0.717) is 18.2 Å². The smallest absolute Gasteiger partial charge is 0.275 e. The third-order valence-corrected chi connectivity index (χ3v) is 4.29. The van der Waals surface area contributed by atoms with Gasteiger partial charge in [0.25, 0.3) is 5.91 Å². The normalized spacial score (nSPS) is 23.2. The van der Waals surface area contributed by atoms with Gasteiger partial charge in [0.05, 0.1) is 5.52 Å². The third kappa shape index (κ3) is 2.08. The quantitative estimate of drug-likeness (QED) is 0.874. The first-order valence-corrected chi connectivity index (χ1v) is 7.16. The number of nitrogens with two attached hydrogens (primary N) is 1. The van der Waals surface area contributed by atoms with E-state index in [-0.39, 0.29) is 11.9 Å². The van der Waals surface area contributed by atoms with Crippen molar-refractivity contribution >= 4 is 16.8 Å². The third-order valence-electron chi connectivity index (χ3n) is 4.29. The van der Waals surface area contributed by atoms with Crippen LogP contribution in [0.15, 0.2) is 24.3 Å². The summed E-state index contributed by atoms with van der Waals surface area (Å²) < 4.78 is 0. The number of amides is 1. The molecule has 2 atom stereocenters. The van der Waals surface area contributed by atoms with Crippen molar-refractivity contribution in [2.75, 3.05) is 13.1 Å². The van der Waals surface area contributed by atoms with Crippen LogP contribution in [0, 0.1) is 5.92 Å². The molecule has 1 aliphatic heterocycles. The van der Waals surface area contributed by atoms with Crippen LogP contribution in [-0.4, -0.2) is 40.1 Å². The number of rotatable bonds is 2. The Morgan fingerprint density at radius 3 is 3.10 bits per heavy atom. The van der Waals surface area contributed by atoms with E-state index in [0.717, 1.165) is 30.3 Å². The summed E-state index contributed by atoms with van der Waals surface area (Å²) in [4.78, 5) is 14.7. The van der Waals surface area contributed by atoms with Crippen molar-refractivity contribution in [3.05, 3.63) is 30.0 Å². The van der Waals surface area contributed by atoms with E-state index in [1.165, 1.54) is 0 Å². The molecule has 1 aromatic heterocycles. The molecule has 0 bridgehead atoms. The van der Waals surface area contributed by atoms with Gasteiger partial charge in [-0.3, -0.25) is 9.89 Å². The van der Waals surface area contributed by atoms with Crippen LogP contribution in [0.25, 0.3) is 10.9 Å². The maximum Gasteiger partial charge on any atom is 0.275 e. The Morgan fingerprint density at radius 1 is 1.50 bits per heavy atom. The van der Waals surface area contributed by atoms with Crippen molar-refractivity contribution in [3.8, 4) is 0 Å². The number of aromatic nitrogens is 2. The first kappa shape index (κ1) is 13.1. The summed E-state index contributed by atoms with van der Waals surface area (Å²) >= 11 is 0. The van der Waals surface area contributed by atoms with E-state index in [1.54, 1.807) is 0 Å². The number of piperidine rings is 1. The molecule has 106 valence electrons. The number of H-pyrrole nitrogens is 1. The largest absolute Gasteiger partial charge is 0.333 e. The Balaban J connectivity index is 1.95. The van der Waals surface area contributed by atoms with Crippen LogP contribution >= 0.6 is 0 Å². The van der Waals surface area contributed by atoms with Gasteiger partial charge in [0.15, 0.2) is 5.69 Å². The Hall–Kier alpha value is -1.88. The standard InChI is InChI=1S/C15H20N4O/c1-10-5-4-8-19(13(10)9-16)15(20)14-11-6-2-3-7-12(11)17-18-14/h2-3,6-7,10,13H,4-5,8-9,16H2,1H3,(H,17,18)/t10-,13+/m0/s1. The summed E-state index contributed by atoms with van der Waals surface area (Å²) in [7, 11) is 0. The molecule has 0 unspecified atom stereocenters. The van der Waals surface area contributed by atoms with Crippen LogP contribution in [0.2, 0.25) is 0 Å². The Labute approximate surface area is 118 Å². The monoisotopic (exact) mass is 272 g/mol. The maximum atomic E-state index is 12.8. The Morgan fingerprint density at radius 2 is 2.30 bits per heavy atom. The lowest BCUT2D eigenvalue weighted by atomic mass is 9.90. The number of hydrogen-bond donors (Lipinski definition) is 2. The molecule has 3 rings (SSSR count). The Bertz CT molecular complexity index is 621. The Kier molecular flexibility index (Phi) is 3.44. The molecular weight excluding hydrogens is 252 g/mol. The molecule has 5 heteroatoms. The lowest BCUT2D eigenvalue weighted by molar-refractivity contribution is 0.0528. The van der Waals surface area contributed by atoms with Crippen LogP contribution in [-0.2, 0) is 0 Å². The fourth-order valence-corrected chi connectivity index (χ4v) is 3.12. The molecule has 1 amide bonds. The van der Waals surface area contributed by atoms with Gasteiger partial charge in [-0.1, -0.05) is 25.1 Å². The molecule has 0 radical (unpaired) electrons. The van der Waals surface area contributed by atoms with Gasteiger partial charge >= 0.3 is 0 Å². The number of hydrogen-bond acceptors (Lipinski definition) is 3. The molecule has 2 heterocycles. The molecule has 0 saturated carbocycles. The number of carbonyl (C=O) groups is 1. The molecule has 2 aromatic rings. The van der Waals surface area contributed by atoms with Gasteiger partial charge in [-0.25, -0.2) is 0 Å². The van der Waals surface area contributed by atoms with Crippen LogP contribution in [0.5, 0.6) is 0 Å². The molecule has 0 aliphatic carbocycles. The van der Waals surface area contributed by atoms with Gasteiger partial charge in [0.1, 0.15) is 0 Å². The maximum absolute atomic E-state index is 12.8. The predicted octanol–water partition coefficient (Wildman–Crippen LogP) is 1.76. The number of para-hydroxylation sites is 1. The first-order chi connectivity index (χ1) is 9.72. The topological polar surface area (TPSA) is 75.0 Å². The van der Waals surface area contributed by atoms with Crippen LogP contribution in [0.4, 0.5) is 0 Å². The number of benzene rings is 1. The molecule has 1 aromatic carbocycles. The fourth-order valence-electron chi connectivity index (χ4n) is 3.12. The fraction of sp³-hybridized carbons (Fsp3) is 0.467. The van der Waals surface area contributed by atoms with Crippen molar-refractivity contribution in [1.82, 2.24) is 15.1 Å². The number of fused-ring (bicyclic) bond motifs is 1. The minimum atomic E-state index is -0.00977. The van der Waals surface area contributed by atoms with Gasteiger partial charge < -0.3 is 10.6 Å². The lowest BCUT2D eigenvalue weighted by Gasteiger charge is -2.39. The number of nitrogens with one attached hydrogen (secondary N) is 1. The van der Waals surface area contributed by atoms with Crippen molar-refractivity contribution in [2.45, 2.75) is 25.8 Å². The molecule has 1 aliphatic rings. The molecule has 20 heavy (non-hydrogen) atoms. The van der Waals surface area contributed by atoms with Crippen molar-refractivity contribution in [2.24, 2.45) is 11.7 Å². The zero-order valence-electron chi connectivity index (χ0n) is 11.7. The summed E-state index contributed by atoms with van der Waals surface area (Å²) in [6.07, 6.45) is 2.17. The van der Waals surface area contributed by atoms with E-state index in [4.69, 9.17) is 5.73 Å². The molecule has 1 fully saturated rings. The minimum Gasteiger partial charge on any atom is -0.333 e. The van der Waals surface area contributed by atoms with Gasteiger partial charge in [0, 0.05) is 24.5 Å². The van der Waals surface area contributed by atoms with Gasteiger partial charge in [-0.05, 0) is 24.8 Å². The second-order valence-electron chi connectivity index (χ2n) is 5.54. The number of aromatic amines is 1. The highest BCUT2D eigenvalue weighted by Gasteiger charge is 2.32. The number of carbonyl (C=O) groups excluding carboxylic acids is 1.